The molecule has 0 spiro atoms. The van der Waals surface area contributed by atoms with Crippen LogP contribution in [0.5, 0.6) is 5.75 Å². The largest absolute Gasteiger partial charge is 0.493 e. The quantitative estimate of drug-likeness (QED) is 0.335. The first-order chi connectivity index (χ1) is 13.1. The van der Waals surface area contributed by atoms with Gasteiger partial charge in [-0.15, -0.1) is 11.3 Å². The van der Waals surface area contributed by atoms with Gasteiger partial charge in [-0.3, -0.25) is 0 Å². The number of hydrogen-bond donors (Lipinski definition) is 1. The second kappa shape index (κ2) is 7.23. The van der Waals surface area contributed by atoms with Gasteiger partial charge >= 0.3 is 0 Å². The van der Waals surface area contributed by atoms with Crippen LogP contribution in [0.2, 0.25) is 10.0 Å². The molecule has 136 valence electrons. The summed E-state index contributed by atoms with van der Waals surface area (Å²) in [5.41, 5.74) is 2.03. The molecule has 4 rings (SSSR count). The van der Waals surface area contributed by atoms with Crippen molar-refractivity contribution in [3.05, 3.63) is 64.3 Å². The molecule has 5 nitrogen and oxygen atoms in total. The zero-order valence-corrected chi connectivity index (χ0v) is 16.3. The van der Waals surface area contributed by atoms with Crippen LogP contribution in [0.15, 0.2) is 58.2 Å². The molecule has 1 N–H and O–H groups in total. The molecule has 0 unspecified atom stereocenters. The average molecular weight is 419 g/mol. The summed E-state index contributed by atoms with van der Waals surface area (Å²) in [4.78, 5) is 5.35. The predicted octanol–water partition coefficient (Wildman–Crippen LogP) is 5.83. The van der Waals surface area contributed by atoms with Crippen molar-refractivity contribution in [1.29, 1.82) is 0 Å². The number of rotatable bonds is 3. The maximum Gasteiger partial charge on any atom is 0.266 e. The lowest BCUT2D eigenvalue weighted by atomic mass is 10.2. The zero-order valence-electron chi connectivity index (χ0n) is 13.9. The lowest BCUT2D eigenvalue weighted by Crippen LogP contribution is -2.05. The van der Waals surface area contributed by atoms with Crippen molar-refractivity contribution >= 4 is 45.5 Å². The highest BCUT2D eigenvalue weighted by molar-refractivity contribution is 7.18. The van der Waals surface area contributed by atoms with Crippen molar-refractivity contribution in [3.63, 3.8) is 0 Å². The minimum absolute atomic E-state index is 0.0574. The number of hydrogen-bond acceptors (Lipinski definition) is 6. The molecular weight excluding hydrogens is 407 g/mol. The number of thiazole rings is 1. The summed E-state index contributed by atoms with van der Waals surface area (Å²) in [5, 5.41) is 15.1. The van der Waals surface area contributed by atoms with Gasteiger partial charge < -0.3 is 14.4 Å². The van der Waals surface area contributed by atoms with Gasteiger partial charge in [0.15, 0.2) is 11.3 Å². The molecule has 0 aliphatic rings. The summed E-state index contributed by atoms with van der Waals surface area (Å²) in [6.45, 7) is 0. The molecule has 2 aromatic carbocycles. The maximum absolute atomic E-state index is 9.43. The van der Waals surface area contributed by atoms with Crippen molar-refractivity contribution in [2.75, 3.05) is 7.11 Å². The van der Waals surface area contributed by atoms with Gasteiger partial charge in [0, 0.05) is 11.6 Å². The molecule has 0 aliphatic heterocycles. The average Bonchev–Trinajstić information content (AvgIpc) is 3.18. The van der Waals surface area contributed by atoms with E-state index in [-0.39, 0.29) is 5.55 Å². The monoisotopic (exact) mass is 418 g/mol. The van der Waals surface area contributed by atoms with E-state index >= 15 is 0 Å². The fourth-order valence-electron chi connectivity index (χ4n) is 2.69. The van der Waals surface area contributed by atoms with Gasteiger partial charge in [-0.05, 0) is 35.0 Å². The molecule has 0 radical (unpaired) electrons. The zero-order chi connectivity index (χ0) is 19.0. The van der Waals surface area contributed by atoms with Crippen LogP contribution in [0.3, 0.4) is 0 Å². The molecule has 0 atom stereocenters. The summed E-state index contributed by atoms with van der Waals surface area (Å²) in [6, 6.07) is 12.8. The third-order valence-electron chi connectivity index (χ3n) is 3.99. The lowest BCUT2D eigenvalue weighted by Gasteiger charge is -2.05. The Morgan fingerprint density at radius 2 is 2.00 bits per heavy atom. The molecule has 0 saturated carbocycles. The highest BCUT2D eigenvalue weighted by Crippen LogP contribution is 2.35. The van der Waals surface area contributed by atoms with Crippen LogP contribution in [0.1, 0.15) is 0 Å². The number of halogens is 2. The molecule has 0 aliphatic carbocycles. The first-order valence-electron chi connectivity index (χ1n) is 7.81. The van der Waals surface area contributed by atoms with Crippen LogP contribution >= 0.6 is 34.5 Å². The van der Waals surface area contributed by atoms with Crippen LogP contribution in [-0.2, 0) is 0 Å². The Morgan fingerprint density at radius 3 is 2.74 bits per heavy atom. The minimum atomic E-state index is 0.0574. The molecule has 2 heterocycles. The Morgan fingerprint density at radius 1 is 1.15 bits per heavy atom. The highest BCUT2D eigenvalue weighted by atomic mass is 35.5. The molecule has 8 heteroatoms. The third-order valence-corrected chi connectivity index (χ3v) is 5.81. The van der Waals surface area contributed by atoms with Crippen LogP contribution in [0.25, 0.3) is 32.0 Å². The Kier molecular flexibility index (Phi) is 4.78. The maximum atomic E-state index is 9.43. The predicted molar refractivity (Wildman–Crippen MR) is 107 cm³/mol. The van der Waals surface area contributed by atoms with E-state index in [1.165, 1.54) is 11.3 Å². The summed E-state index contributed by atoms with van der Waals surface area (Å²) >= 11 is 13.5. The number of benzene rings is 2. The summed E-state index contributed by atoms with van der Waals surface area (Å²) in [6.07, 6.45) is 1.73. The van der Waals surface area contributed by atoms with Crippen LogP contribution < -0.4 is 10.3 Å². The molecule has 0 fully saturated rings. The molecule has 0 amide bonds. The van der Waals surface area contributed by atoms with E-state index in [1.54, 1.807) is 31.5 Å². The number of aromatic nitrogens is 1. The second-order valence-corrected chi connectivity index (χ2v) is 7.45. The molecule has 0 saturated heterocycles. The number of nitrogens with zero attached hydrogens (tertiary/aromatic N) is 2. The normalized spacial score (nSPS) is 11.9. The van der Waals surface area contributed by atoms with E-state index in [0.717, 1.165) is 15.8 Å². The Balaban J connectivity index is 1.85. The minimum Gasteiger partial charge on any atom is -0.493 e. The van der Waals surface area contributed by atoms with Gasteiger partial charge in [-0.2, -0.15) is 0 Å². The van der Waals surface area contributed by atoms with Gasteiger partial charge in [0.25, 0.3) is 5.55 Å². The van der Waals surface area contributed by atoms with Crippen molar-refractivity contribution in [1.82, 2.24) is 4.98 Å². The van der Waals surface area contributed by atoms with E-state index in [4.69, 9.17) is 32.4 Å². The first-order valence-corrected chi connectivity index (χ1v) is 9.38. The number of ether oxygens (including phenoxy) is 1. The SMILES string of the molecule is COc1cccc2cc(-c3ncc(-c4ccc(Cl)c(Cl)c4)s3)/c(=N/O)oc12. The molecule has 2 aromatic heterocycles. The van der Waals surface area contributed by atoms with Crippen LogP contribution in [0, 0.1) is 0 Å². The van der Waals surface area contributed by atoms with Crippen LogP contribution in [-0.4, -0.2) is 17.3 Å². The van der Waals surface area contributed by atoms with Crippen LogP contribution in [0.4, 0.5) is 0 Å². The van der Waals surface area contributed by atoms with E-state index in [2.05, 4.69) is 10.1 Å². The Hall–Kier alpha value is -2.54. The van der Waals surface area contributed by atoms with Crippen molar-refractivity contribution in [2.45, 2.75) is 0 Å². The molecular formula is C19H12Cl2N2O3S. The Labute approximate surface area is 168 Å². The number of methoxy groups -OCH3 is 1. The van der Waals surface area contributed by atoms with E-state index in [0.29, 0.717) is 31.9 Å². The summed E-state index contributed by atoms with van der Waals surface area (Å²) < 4.78 is 11.1. The van der Waals surface area contributed by atoms with Gasteiger partial charge in [0.2, 0.25) is 0 Å². The van der Waals surface area contributed by atoms with Crippen molar-refractivity contribution < 1.29 is 14.4 Å². The highest BCUT2D eigenvalue weighted by Gasteiger charge is 2.14. The third kappa shape index (κ3) is 3.27. The second-order valence-electron chi connectivity index (χ2n) is 5.60. The van der Waals surface area contributed by atoms with E-state index < -0.39 is 0 Å². The first kappa shape index (κ1) is 17.9. The fourth-order valence-corrected chi connectivity index (χ4v) is 3.91. The fraction of sp³-hybridized carbons (Fsp3) is 0.0526. The van der Waals surface area contributed by atoms with E-state index in [9.17, 15) is 5.21 Å². The molecule has 0 bridgehead atoms. The summed E-state index contributed by atoms with van der Waals surface area (Å²) in [5.74, 6) is 0.555. The van der Waals surface area contributed by atoms with Gasteiger partial charge in [-0.1, -0.05) is 41.4 Å². The molecule has 4 aromatic rings. The van der Waals surface area contributed by atoms with Gasteiger partial charge in [0.1, 0.15) is 5.01 Å². The number of fused-ring (bicyclic) bond motifs is 1. The van der Waals surface area contributed by atoms with E-state index in [1.807, 2.05) is 24.3 Å². The molecule has 27 heavy (non-hydrogen) atoms. The standard InChI is InChI=1S/C19H12Cl2N2O3S/c1-25-15-4-2-3-11-7-12(18(23-24)26-17(11)15)19-22-9-16(27-19)10-5-6-13(20)14(21)8-10/h2-9,24H,1H3/b23-18-. The summed E-state index contributed by atoms with van der Waals surface area (Å²) in [7, 11) is 1.55. The lowest BCUT2D eigenvalue weighted by molar-refractivity contribution is 0.276. The Bertz CT molecular complexity index is 1220. The number of para-hydroxylation sites is 1. The van der Waals surface area contributed by atoms with Crippen molar-refractivity contribution in [3.8, 4) is 26.8 Å². The topological polar surface area (TPSA) is 67.9 Å². The van der Waals surface area contributed by atoms with Gasteiger partial charge in [-0.25, -0.2) is 4.98 Å². The smallest absolute Gasteiger partial charge is 0.266 e. The van der Waals surface area contributed by atoms with Crippen molar-refractivity contribution in [2.24, 2.45) is 5.16 Å². The van der Waals surface area contributed by atoms with Gasteiger partial charge in [0.05, 0.1) is 27.6 Å².